The number of ether oxygens (including phenoxy) is 2. The third kappa shape index (κ3) is 4.04. The molecule has 2 N–H and O–H groups in total. The third-order valence-electron chi connectivity index (χ3n) is 2.16. The van der Waals surface area contributed by atoms with Gasteiger partial charge in [0, 0.05) is 31.7 Å². The van der Waals surface area contributed by atoms with Gasteiger partial charge in [-0.2, -0.15) is 0 Å². The smallest absolute Gasteiger partial charge is 0.214 e. The number of methoxy groups -OCH3 is 2. The lowest BCUT2D eigenvalue weighted by atomic mass is 10.2. The van der Waals surface area contributed by atoms with Gasteiger partial charge in [0.25, 0.3) is 0 Å². The van der Waals surface area contributed by atoms with Crippen LogP contribution in [0.5, 0.6) is 5.88 Å². The molecular weight excluding hydrogens is 208 g/mol. The van der Waals surface area contributed by atoms with Crippen LogP contribution in [-0.2, 0) is 4.74 Å². The average Bonchev–Trinajstić information content (AvgIpc) is 2.30. The SMILES string of the molecule is COCC(CCO)Nc1ccnc(OC)c1. The number of nitrogens with zero attached hydrogens (tertiary/aromatic N) is 1. The molecule has 0 fully saturated rings. The number of aliphatic hydroxyl groups excluding tert-OH is 1. The molecule has 5 nitrogen and oxygen atoms in total. The van der Waals surface area contributed by atoms with Crippen molar-refractivity contribution in [2.24, 2.45) is 0 Å². The van der Waals surface area contributed by atoms with Crippen LogP contribution in [0.4, 0.5) is 5.69 Å². The summed E-state index contributed by atoms with van der Waals surface area (Å²) in [6.45, 7) is 0.675. The molecule has 0 saturated heterocycles. The van der Waals surface area contributed by atoms with Gasteiger partial charge in [0.1, 0.15) is 0 Å². The Bertz CT molecular complexity index is 301. The van der Waals surface area contributed by atoms with Gasteiger partial charge in [-0.1, -0.05) is 0 Å². The minimum atomic E-state index is 0.0853. The van der Waals surface area contributed by atoms with E-state index in [0.717, 1.165) is 5.69 Å². The first kappa shape index (κ1) is 12.7. The fraction of sp³-hybridized carbons (Fsp3) is 0.545. The molecule has 0 aromatic carbocycles. The van der Waals surface area contributed by atoms with Gasteiger partial charge in [-0.15, -0.1) is 0 Å². The zero-order valence-electron chi connectivity index (χ0n) is 9.64. The van der Waals surface area contributed by atoms with E-state index in [-0.39, 0.29) is 12.6 Å². The summed E-state index contributed by atoms with van der Waals surface area (Å²) in [4.78, 5) is 4.01. The van der Waals surface area contributed by atoms with Gasteiger partial charge in [0.2, 0.25) is 5.88 Å². The van der Waals surface area contributed by atoms with E-state index in [2.05, 4.69) is 10.3 Å². The lowest BCUT2D eigenvalue weighted by molar-refractivity contribution is 0.170. The van der Waals surface area contributed by atoms with Crippen molar-refractivity contribution < 1.29 is 14.6 Å². The minimum Gasteiger partial charge on any atom is -0.481 e. The molecule has 1 aromatic heterocycles. The molecule has 5 heteroatoms. The monoisotopic (exact) mass is 226 g/mol. The van der Waals surface area contributed by atoms with Crippen molar-refractivity contribution in [1.29, 1.82) is 0 Å². The maximum atomic E-state index is 8.91. The first-order valence-corrected chi connectivity index (χ1v) is 5.16. The van der Waals surface area contributed by atoms with Crippen LogP contribution in [-0.4, -0.2) is 43.6 Å². The summed E-state index contributed by atoms with van der Waals surface area (Å²) in [7, 11) is 3.21. The highest BCUT2D eigenvalue weighted by atomic mass is 16.5. The molecule has 0 aliphatic heterocycles. The van der Waals surface area contributed by atoms with E-state index in [0.29, 0.717) is 18.9 Å². The number of rotatable bonds is 7. The quantitative estimate of drug-likeness (QED) is 0.723. The number of hydrogen-bond donors (Lipinski definition) is 2. The van der Waals surface area contributed by atoms with Crippen molar-refractivity contribution in [3.8, 4) is 5.88 Å². The minimum absolute atomic E-state index is 0.0853. The van der Waals surface area contributed by atoms with Crippen molar-refractivity contribution >= 4 is 5.69 Å². The summed E-state index contributed by atoms with van der Waals surface area (Å²) in [5, 5.41) is 12.2. The van der Waals surface area contributed by atoms with Gasteiger partial charge >= 0.3 is 0 Å². The number of aromatic nitrogens is 1. The van der Waals surface area contributed by atoms with Crippen LogP contribution in [0.2, 0.25) is 0 Å². The normalized spacial score (nSPS) is 12.2. The molecule has 1 aromatic rings. The van der Waals surface area contributed by atoms with Crippen LogP contribution in [0.25, 0.3) is 0 Å². The van der Waals surface area contributed by atoms with Crippen molar-refractivity contribution in [3.05, 3.63) is 18.3 Å². The van der Waals surface area contributed by atoms with Crippen molar-refractivity contribution in [2.45, 2.75) is 12.5 Å². The molecule has 0 amide bonds. The van der Waals surface area contributed by atoms with E-state index in [1.807, 2.05) is 6.07 Å². The Morgan fingerprint density at radius 3 is 2.94 bits per heavy atom. The van der Waals surface area contributed by atoms with E-state index in [4.69, 9.17) is 14.6 Å². The molecule has 1 heterocycles. The van der Waals surface area contributed by atoms with Crippen LogP contribution in [0.1, 0.15) is 6.42 Å². The molecule has 1 atom stereocenters. The predicted octanol–water partition coefficient (Wildman–Crippen LogP) is 0.899. The maximum absolute atomic E-state index is 8.91. The molecule has 16 heavy (non-hydrogen) atoms. The topological polar surface area (TPSA) is 63.6 Å². The third-order valence-corrected chi connectivity index (χ3v) is 2.16. The zero-order valence-corrected chi connectivity index (χ0v) is 9.64. The Labute approximate surface area is 95.4 Å². The highest BCUT2D eigenvalue weighted by Crippen LogP contribution is 2.15. The molecule has 90 valence electrons. The molecular formula is C11H18N2O3. The number of aliphatic hydroxyl groups is 1. The largest absolute Gasteiger partial charge is 0.481 e. The summed E-state index contributed by atoms with van der Waals surface area (Å²) < 4.78 is 10.1. The number of pyridine rings is 1. The van der Waals surface area contributed by atoms with Gasteiger partial charge < -0.3 is 19.9 Å². The van der Waals surface area contributed by atoms with Crippen molar-refractivity contribution in [1.82, 2.24) is 4.98 Å². The Kier molecular flexibility index (Phi) is 5.60. The maximum Gasteiger partial charge on any atom is 0.214 e. The fourth-order valence-corrected chi connectivity index (χ4v) is 1.40. The van der Waals surface area contributed by atoms with Crippen LogP contribution >= 0.6 is 0 Å². The molecule has 1 unspecified atom stereocenters. The highest BCUT2D eigenvalue weighted by Gasteiger charge is 2.08. The molecule has 0 bridgehead atoms. The van der Waals surface area contributed by atoms with Gasteiger partial charge in [-0.25, -0.2) is 4.98 Å². The second-order valence-electron chi connectivity index (χ2n) is 3.40. The van der Waals surface area contributed by atoms with Crippen LogP contribution in [0, 0.1) is 0 Å². The predicted molar refractivity (Wildman–Crippen MR) is 61.8 cm³/mol. The lowest BCUT2D eigenvalue weighted by Crippen LogP contribution is -2.26. The second-order valence-corrected chi connectivity index (χ2v) is 3.40. The molecule has 0 saturated carbocycles. The van der Waals surface area contributed by atoms with E-state index in [9.17, 15) is 0 Å². The van der Waals surface area contributed by atoms with E-state index in [1.165, 1.54) is 0 Å². The number of hydrogen-bond acceptors (Lipinski definition) is 5. The van der Waals surface area contributed by atoms with Gasteiger partial charge in [-0.3, -0.25) is 0 Å². The lowest BCUT2D eigenvalue weighted by Gasteiger charge is -2.18. The summed E-state index contributed by atoms with van der Waals surface area (Å²) >= 11 is 0. The molecule has 0 aliphatic carbocycles. The molecule has 0 aliphatic rings. The van der Waals surface area contributed by atoms with Gasteiger partial charge in [0.15, 0.2) is 0 Å². The first-order chi connectivity index (χ1) is 7.80. The number of anilines is 1. The molecule has 0 spiro atoms. The Balaban J connectivity index is 2.60. The van der Waals surface area contributed by atoms with Crippen molar-refractivity contribution in [2.75, 3.05) is 32.8 Å². The molecule has 0 radical (unpaired) electrons. The van der Waals surface area contributed by atoms with E-state index in [1.54, 1.807) is 26.5 Å². The Morgan fingerprint density at radius 2 is 2.31 bits per heavy atom. The zero-order chi connectivity index (χ0) is 11.8. The Hall–Kier alpha value is -1.33. The molecule has 1 rings (SSSR count). The highest BCUT2D eigenvalue weighted by molar-refractivity contribution is 5.45. The average molecular weight is 226 g/mol. The summed E-state index contributed by atoms with van der Waals surface area (Å²) in [5.41, 5.74) is 0.905. The van der Waals surface area contributed by atoms with Gasteiger partial charge in [0.05, 0.1) is 19.8 Å². The Morgan fingerprint density at radius 1 is 1.50 bits per heavy atom. The second kappa shape index (κ2) is 7.03. The van der Waals surface area contributed by atoms with Crippen LogP contribution in [0.3, 0.4) is 0 Å². The standard InChI is InChI=1S/C11H18N2O3/c1-15-8-10(4-6-14)13-9-3-5-12-11(7-9)16-2/h3,5,7,10,14H,4,6,8H2,1-2H3,(H,12,13). The first-order valence-electron chi connectivity index (χ1n) is 5.16. The van der Waals surface area contributed by atoms with Crippen LogP contribution < -0.4 is 10.1 Å². The van der Waals surface area contributed by atoms with Crippen LogP contribution in [0.15, 0.2) is 18.3 Å². The number of nitrogens with one attached hydrogen (secondary N) is 1. The van der Waals surface area contributed by atoms with E-state index >= 15 is 0 Å². The van der Waals surface area contributed by atoms with E-state index < -0.39 is 0 Å². The summed E-state index contributed by atoms with van der Waals surface area (Å²) in [5.74, 6) is 0.560. The summed E-state index contributed by atoms with van der Waals surface area (Å²) in [6, 6.07) is 3.74. The van der Waals surface area contributed by atoms with Crippen molar-refractivity contribution in [3.63, 3.8) is 0 Å². The fourth-order valence-electron chi connectivity index (χ4n) is 1.40. The van der Waals surface area contributed by atoms with Gasteiger partial charge in [-0.05, 0) is 12.5 Å². The summed E-state index contributed by atoms with van der Waals surface area (Å²) in [6.07, 6.45) is 2.31.